The minimum atomic E-state index is -0.203. The van der Waals surface area contributed by atoms with Crippen LogP contribution in [0, 0.1) is 0 Å². The van der Waals surface area contributed by atoms with Gasteiger partial charge >= 0.3 is 0 Å². The molecule has 2 aromatic carbocycles. The van der Waals surface area contributed by atoms with Crippen molar-refractivity contribution in [1.29, 1.82) is 0 Å². The summed E-state index contributed by atoms with van der Waals surface area (Å²) in [5.74, 6) is -0.203. The number of aryl methyl sites for hydroxylation is 1. The summed E-state index contributed by atoms with van der Waals surface area (Å²) >= 11 is 5.86. The number of rotatable bonds is 3. The molecule has 2 aromatic rings. The molecule has 0 aromatic heterocycles. The number of carbonyl (C=O) groups is 1. The van der Waals surface area contributed by atoms with Gasteiger partial charge in [0.05, 0.1) is 0 Å². The van der Waals surface area contributed by atoms with Gasteiger partial charge in [-0.2, -0.15) is 0 Å². The van der Waals surface area contributed by atoms with Gasteiger partial charge in [-0.1, -0.05) is 30.7 Å². The molecule has 0 atom stereocenters. The molecule has 2 rings (SSSR count). The van der Waals surface area contributed by atoms with E-state index in [-0.39, 0.29) is 5.91 Å². The lowest BCUT2D eigenvalue weighted by Gasteiger charge is -2.08. The Hall–Kier alpha value is -2.00. The number of hydrogen-bond acceptors (Lipinski definition) is 2. The summed E-state index contributed by atoms with van der Waals surface area (Å²) in [7, 11) is 0. The first-order valence-corrected chi connectivity index (χ1v) is 6.43. The fraction of sp³-hybridized carbons (Fsp3) is 0.133. The Morgan fingerprint density at radius 1 is 1.26 bits per heavy atom. The Labute approximate surface area is 117 Å². The maximum Gasteiger partial charge on any atom is 0.255 e. The van der Waals surface area contributed by atoms with E-state index >= 15 is 0 Å². The van der Waals surface area contributed by atoms with Crippen molar-refractivity contribution in [1.82, 2.24) is 0 Å². The Balaban J connectivity index is 2.17. The van der Waals surface area contributed by atoms with Crippen LogP contribution in [0.4, 0.5) is 11.4 Å². The first-order valence-electron chi connectivity index (χ1n) is 6.05. The maximum absolute atomic E-state index is 12.0. The van der Waals surface area contributed by atoms with Crippen LogP contribution in [0.1, 0.15) is 22.8 Å². The number of nitrogen functional groups attached to an aromatic ring is 1. The molecule has 4 heteroatoms. The second-order valence-electron chi connectivity index (χ2n) is 4.23. The monoisotopic (exact) mass is 274 g/mol. The lowest BCUT2D eigenvalue weighted by atomic mass is 10.1. The molecule has 1 amide bonds. The molecule has 0 saturated heterocycles. The normalized spacial score (nSPS) is 10.2. The molecule has 0 aliphatic rings. The van der Waals surface area contributed by atoms with Crippen LogP contribution in [0.5, 0.6) is 0 Å². The molecule has 0 fully saturated rings. The maximum atomic E-state index is 12.0. The van der Waals surface area contributed by atoms with Crippen LogP contribution in [0.2, 0.25) is 5.02 Å². The van der Waals surface area contributed by atoms with E-state index < -0.39 is 0 Å². The molecule has 0 aliphatic heterocycles. The molecular formula is C15H15ClN2O. The first-order chi connectivity index (χ1) is 9.10. The average Bonchev–Trinajstić information content (AvgIpc) is 2.39. The fourth-order valence-corrected chi connectivity index (χ4v) is 2.02. The predicted molar refractivity (Wildman–Crippen MR) is 79.6 cm³/mol. The van der Waals surface area contributed by atoms with Gasteiger partial charge in [0.2, 0.25) is 0 Å². The molecule has 0 bridgehead atoms. The number of carbonyl (C=O) groups excluding carboxylic acids is 1. The highest BCUT2D eigenvalue weighted by Gasteiger charge is 2.07. The predicted octanol–water partition coefficient (Wildman–Crippen LogP) is 3.74. The molecule has 0 spiro atoms. The molecule has 3 nitrogen and oxygen atoms in total. The van der Waals surface area contributed by atoms with E-state index in [0.717, 1.165) is 12.0 Å². The highest BCUT2D eigenvalue weighted by Crippen LogP contribution is 2.19. The number of amides is 1. The van der Waals surface area contributed by atoms with Crippen LogP contribution >= 0.6 is 11.6 Å². The van der Waals surface area contributed by atoms with Crippen molar-refractivity contribution in [2.24, 2.45) is 0 Å². The number of nitrogens with one attached hydrogen (secondary N) is 1. The molecule has 0 unspecified atom stereocenters. The summed E-state index contributed by atoms with van der Waals surface area (Å²) in [5, 5.41) is 3.34. The quantitative estimate of drug-likeness (QED) is 0.838. The van der Waals surface area contributed by atoms with Gasteiger partial charge in [0.1, 0.15) is 0 Å². The second-order valence-corrected chi connectivity index (χ2v) is 4.67. The van der Waals surface area contributed by atoms with E-state index in [0.29, 0.717) is 22.0 Å². The van der Waals surface area contributed by atoms with Crippen molar-refractivity contribution < 1.29 is 4.79 Å². The van der Waals surface area contributed by atoms with Crippen LogP contribution in [0.15, 0.2) is 42.5 Å². The Kier molecular flexibility index (Phi) is 4.07. The van der Waals surface area contributed by atoms with Gasteiger partial charge in [0, 0.05) is 22.0 Å². The number of benzene rings is 2. The van der Waals surface area contributed by atoms with Crippen molar-refractivity contribution in [3.05, 3.63) is 58.6 Å². The molecular weight excluding hydrogens is 260 g/mol. The highest BCUT2D eigenvalue weighted by molar-refractivity contribution is 6.31. The SMILES string of the molecule is CCc1ccc(NC(=O)c2cccc(Cl)c2)cc1N. The van der Waals surface area contributed by atoms with Gasteiger partial charge in [-0.15, -0.1) is 0 Å². The number of halogens is 1. The van der Waals surface area contributed by atoms with Crippen molar-refractivity contribution in [3.8, 4) is 0 Å². The largest absolute Gasteiger partial charge is 0.398 e. The van der Waals surface area contributed by atoms with Gasteiger partial charge < -0.3 is 11.1 Å². The van der Waals surface area contributed by atoms with Crippen molar-refractivity contribution in [2.75, 3.05) is 11.1 Å². The molecule has 0 saturated carbocycles. The zero-order valence-corrected chi connectivity index (χ0v) is 11.4. The van der Waals surface area contributed by atoms with Crippen LogP contribution in [0.3, 0.4) is 0 Å². The molecule has 0 radical (unpaired) electrons. The van der Waals surface area contributed by atoms with Gasteiger partial charge in [0.25, 0.3) is 5.91 Å². The molecule has 3 N–H and O–H groups in total. The molecule has 98 valence electrons. The third-order valence-corrected chi connectivity index (χ3v) is 3.11. The molecule has 19 heavy (non-hydrogen) atoms. The Bertz CT molecular complexity index is 611. The van der Waals surface area contributed by atoms with E-state index in [4.69, 9.17) is 17.3 Å². The Morgan fingerprint density at radius 2 is 2.05 bits per heavy atom. The van der Waals surface area contributed by atoms with E-state index in [9.17, 15) is 4.79 Å². The average molecular weight is 275 g/mol. The Morgan fingerprint density at radius 3 is 2.68 bits per heavy atom. The standard InChI is InChI=1S/C15H15ClN2O/c1-2-10-6-7-13(9-14(10)17)18-15(19)11-4-3-5-12(16)8-11/h3-9H,2,17H2,1H3,(H,18,19). The summed E-state index contributed by atoms with van der Waals surface area (Å²) in [5.41, 5.74) is 8.85. The van der Waals surface area contributed by atoms with Gasteiger partial charge in [-0.25, -0.2) is 0 Å². The van der Waals surface area contributed by atoms with Gasteiger partial charge in [-0.05, 0) is 42.3 Å². The van der Waals surface area contributed by atoms with E-state index in [1.165, 1.54) is 0 Å². The molecule has 0 heterocycles. The van der Waals surface area contributed by atoms with E-state index in [1.54, 1.807) is 30.3 Å². The third kappa shape index (κ3) is 3.26. The lowest BCUT2D eigenvalue weighted by molar-refractivity contribution is 0.102. The van der Waals surface area contributed by atoms with Crippen molar-refractivity contribution in [3.63, 3.8) is 0 Å². The summed E-state index contributed by atoms with van der Waals surface area (Å²) in [4.78, 5) is 12.0. The number of hydrogen-bond donors (Lipinski definition) is 2. The van der Waals surface area contributed by atoms with Crippen molar-refractivity contribution >= 4 is 28.9 Å². The lowest BCUT2D eigenvalue weighted by Crippen LogP contribution is -2.12. The second kappa shape index (κ2) is 5.76. The molecule has 0 aliphatic carbocycles. The van der Waals surface area contributed by atoms with Crippen LogP contribution in [0.25, 0.3) is 0 Å². The first kappa shape index (κ1) is 13.4. The fourth-order valence-electron chi connectivity index (χ4n) is 1.83. The third-order valence-electron chi connectivity index (χ3n) is 2.87. The highest BCUT2D eigenvalue weighted by atomic mass is 35.5. The zero-order chi connectivity index (χ0) is 13.8. The number of nitrogens with two attached hydrogens (primary N) is 1. The summed E-state index contributed by atoms with van der Waals surface area (Å²) in [6, 6.07) is 12.3. The van der Waals surface area contributed by atoms with Gasteiger partial charge in [0.15, 0.2) is 0 Å². The van der Waals surface area contributed by atoms with E-state index in [1.807, 2.05) is 19.1 Å². The van der Waals surface area contributed by atoms with Crippen LogP contribution in [-0.2, 0) is 6.42 Å². The minimum absolute atomic E-state index is 0.203. The van der Waals surface area contributed by atoms with Gasteiger partial charge in [-0.3, -0.25) is 4.79 Å². The minimum Gasteiger partial charge on any atom is -0.398 e. The summed E-state index contributed by atoms with van der Waals surface area (Å²) < 4.78 is 0. The summed E-state index contributed by atoms with van der Waals surface area (Å²) in [6.45, 7) is 2.04. The van der Waals surface area contributed by atoms with E-state index in [2.05, 4.69) is 5.32 Å². The smallest absolute Gasteiger partial charge is 0.255 e. The van der Waals surface area contributed by atoms with Crippen LogP contribution < -0.4 is 11.1 Å². The van der Waals surface area contributed by atoms with Crippen LogP contribution in [-0.4, -0.2) is 5.91 Å². The zero-order valence-electron chi connectivity index (χ0n) is 10.6. The van der Waals surface area contributed by atoms with Crippen molar-refractivity contribution in [2.45, 2.75) is 13.3 Å². The summed E-state index contributed by atoms with van der Waals surface area (Å²) in [6.07, 6.45) is 0.869. The topological polar surface area (TPSA) is 55.1 Å². The number of anilines is 2.